The first kappa shape index (κ1) is 17.3. The summed E-state index contributed by atoms with van der Waals surface area (Å²) in [6.45, 7) is 9.50. The summed E-state index contributed by atoms with van der Waals surface area (Å²) in [7, 11) is 0. The summed E-state index contributed by atoms with van der Waals surface area (Å²) in [6, 6.07) is 6.18. The predicted octanol–water partition coefficient (Wildman–Crippen LogP) is 2.28. The van der Waals surface area contributed by atoms with E-state index in [0.29, 0.717) is 6.54 Å². The topological polar surface area (TPSA) is 52.9 Å². The van der Waals surface area contributed by atoms with Gasteiger partial charge in [-0.15, -0.1) is 0 Å². The zero-order valence-electron chi connectivity index (χ0n) is 14.2. The van der Waals surface area contributed by atoms with Crippen LogP contribution in [0.2, 0.25) is 0 Å². The number of β-amino-alcohol motifs (C(OH)–C–C–N with tert-alkyl or cyclic N) is 1. The first-order valence-corrected chi connectivity index (χ1v) is 8.11. The molecule has 1 aromatic carbocycles. The van der Waals surface area contributed by atoms with E-state index in [1.54, 1.807) is 0 Å². The van der Waals surface area contributed by atoms with Gasteiger partial charge in [0.2, 0.25) is 0 Å². The van der Waals surface area contributed by atoms with Crippen molar-refractivity contribution in [3.8, 4) is 5.75 Å². The van der Waals surface area contributed by atoms with Crippen molar-refractivity contribution in [3.05, 3.63) is 29.3 Å². The van der Waals surface area contributed by atoms with Crippen molar-refractivity contribution in [1.82, 2.24) is 4.90 Å². The third kappa shape index (κ3) is 4.70. The maximum atomic E-state index is 10.2. The number of hydrogen-bond acceptors (Lipinski definition) is 4. The smallest absolute Gasteiger partial charge is 0.119 e. The van der Waals surface area contributed by atoms with Crippen LogP contribution < -0.4 is 4.74 Å². The van der Waals surface area contributed by atoms with Crippen molar-refractivity contribution in [2.45, 2.75) is 58.3 Å². The first-order valence-electron chi connectivity index (χ1n) is 8.11. The first-order chi connectivity index (χ1) is 10.3. The molecule has 2 unspecified atom stereocenters. The zero-order chi connectivity index (χ0) is 16.3. The summed E-state index contributed by atoms with van der Waals surface area (Å²) in [4.78, 5) is 2.18. The number of hydrogen-bond donors (Lipinski definition) is 2. The summed E-state index contributed by atoms with van der Waals surface area (Å²) in [5.74, 6) is 0.803. The fraction of sp³-hybridized carbons (Fsp3) is 0.667. The van der Waals surface area contributed by atoms with E-state index in [4.69, 9.17) is 4.74 Å². The van der Waals surface area contributed by atoms with Crippen LogP contribution in [-0.4, -0.2) is 52.6 Å². The molecule has 0 amide bonds. The van der Waals surface area contributed by atoms with Crippen molar-refractivity contribution in [1.29, 1.82) is 0 Å². The fourth-order valence-corrected chi connectivity index (χ4v) is 3.38. The van der Waals surface area contributed by atoms with E-state index in [0.717, 1.165) is 36.3 Å². The second-order valence-corrected chi connectivity index (χ2v) is 7.09. The zero-order valence-corrected chi connectivity index (χ0v) is 14.2. The summed E-state index contributed by atoms with van der Waals surface area (Å²) < 4.78 is 5.72. The largest absolute Gasteiger partial charge is 0.491 e. The Morgan fingerprint density at radius 1 is 1.27 bits per heavy atom. The minimum absolute atomic E-state index is 0.114. The van der Waals surface area contributed by atoms with E-state index in [2.05, 4.69) is 11.0 Å². The lowest BCUT2D eigenvalue weighted by atomic mass is 9.96. The van der Waals surface area contributed by atoms with Crippen LogP contribution in [0.15, 0.2) is 18.2 Å². The Kier molecular flexibility index (Phi) is 5.48. The van der Waals surface area contributed by atoms with E-state index in [1.807, 2.05) is 39.8 Å². The number of aliphatic hydroxyl groups is 2. The molecule has 2 atom stereocenters. The molecule has 1 saturated heterocycles. The van der Waals surface area contributed by atoms with Crippen molar-refractivity contribution >= 4 is 0 Å². The third-order valence-electron chi connectivity index (χ3n) is 4.26. The highest BCUT2D eigenvalue weighted by molar-refractivity contribution is 5.32. The molecule has 1 aromatic rings. The average Bonchev–Trinajstić information content (AvgIpc) is 2.83. The number of nitrogens with zero attached hydrogens (tertiary/aromatic N) is 1. The standard InChI is InChI=1S/C18H29NO3/c1-13-8-14(2)10-16(9-13)22-12-15(20)11-19-7-5-6-17(19)18(3,4)21/h8-10,15,17,20-21H,5-7,11-12H2,1-4H3. The molecule has 0 spiro atoms. The van der Waals surface area contributed by atoms with Gasteiger partial charge < -0.3 is 14.9 Å². The van der Waals surface area contributed by atoms with Crippen molar-refractivity contribution in [3.63, 3.8) is 0 Å². The van der Waals surface area contributed by atoms with Crippen LogP contribution in [0.3, 0.4) is 0 Å². The average molecular weight is 307 g/mol. The van der Waals surface area contributed by atoms with E-state index in [9.17, 15) is 10.2 Å². The molecular weight excluding hydrogens is 278 g/mol. The number of aryl methyl sites for hydroxylation is 2. The minimum Gasteiger partial charge on any atom is -0.491 e. The summed E-state index contributed by atoms with van der Waals surface area (Å²) >= 11 is 0. The van der Waals surface area contributed by atoms with Gasteiger partial charge in [0.05, 0.1) is 5.60 Å². The lowest BCUT2D eigenvalue weighted by Crippen LogP contribution is -2.48. The minimum atomic E-state index is -0.731. The second kappa shape index (κ2) is 6.99. The molecule has 1 aliphatic heterocycles. The lowest BCUT2D eigenvalue weighted by molar-refractivity contribution is -0.0210. The molecule has 0 bridgehead atoms. The third-order valence-corrected chi connectivity index (χ3v) is 4.26. The van der Waals surface area contributed by atoms with Crippen LogP contribution in [0.25, 0.3) is 0 Å². The maximum absolute atomic E-state index is 10.2. The summed E-state index contributed by atoms with van der Waals surface area (Å²) in [6.07, 6.45) is 1.50. The van der Waals surface area contributed by atoms with Crippen molar-refractivity contribution in [2.75, 3.05) is 19.7 Å². The van der Waals surface area contributed by atoms with Gasteiger partial charge in [0, 0.05) is 12.6 Å². The van der Waals surface area contributed by atoms with Gasteiger partial charge in [-0.25, -0.2) is 0 Å². The molecule has 124 valence electrons. The van der Waals surface area contributed by atoms with Gasteiger partial charge in [0.1, 0.15) is 18.5 Å². The van der Waals surface area contributed by atoms with Gasteiger partial charge in [-0.3, -0.25) is 4.90 Å². The Balaban J connectivity index is 1.86. The molecule has 1 fully saturated rings. The quantitative estimate of drug-likeness (QED) is 0.846. The molecule has 0 aromatic heterocycles. The van der Waals surface area contributed by atoms with Crippen LogP contribution in [0.4, 0.5) is 0 Å². The predicted molar refractivity (Wildman–Crippen MR) is 88.3 cm³/mol. The molecule has 1 heterocycles. The Morgan fingerprint density at radius 2 is 1.91 bits per heavy atom. The second-order valence-electron chi connectivity index (χ2n) is 7.09. The Labute approximate surface area is 133 Å². The number of likely N-dealkylation sites (tertiary alicyclic amines) is 1. The normalized spacial score (nSPS) is 21.1. The molecule has 0 radical (unpaired) electrons. The fourth-order valence-electron chi connectivity index (χ4n) is 3.38. The van der Waals surface area contributed by atoms with Crippen molar-refractivity contribution in [2.24, 2.45) is 0 Å². The number of ether oxygens (including phenoxy) is 1. The highest BCUT2D eigenvalue weighted by atomic mass is 16.5. The van der Waals surface area contributed by atoms with Crippen LogP contribution in [0.5, 0.6) is 5.75 Å². The Morgan fingerprint density at radius 3 is 2.50 bits per heavy atom. The van der Waals surface area contributed by atoms with Crippen molar-refractivity contribution < 1.29 is 14.9 Å². The molecule has 0 saturated carbocycles. The van der Waals surface area contributed by atoms with Gasteiger partial charge in [-0.2, -0.15) is 0 Å². The highest BCUT2D eigenvalue weighted by Crippen LogP contribution is 2.26. The summed E-state index contributed by atoms with van der Waals surface area (Å²) in [5, 5.41) is 20.5. The van der Waals surface area contributed by atoms with Gasteiger partial charge >= 0.3 is 0 Å². The van der Waals surface area contributed by atoms with E-state index >= 15 is 0 Å². The Bertz CT molecular complexity index is 475. The van der Waals surface area contributed by atoms with Crippen LogP contribution in [-0.2, 0) is 0 Å². The molecule has 2 N–H and O–H groups in total. The van der Waals surface area contributed by atoms with E-state index < -0.39 is 11.7 Å². The van der Waals surface area contributed by atoms with E-state index in [1.165, 1.54) is 0 Å². The van der Waals surface area contributed by atoms with Gasteiger partial charge in [0.15, 0.2) is 0 Å². The monoisotopic (exact) mass is 307 g/mol. The maximum Gasteiger partial charge on any atom is 0.119 e. The molecule has 4 nitrogen and oxygen atoms in total. The van der Waals surface area contributed by atoms with Gasteiger partial charge in [-0.1, -0.05) is 6.07 Å². The Hall–Kier alpha value is -1.10. The lowest BCUT2D eigenvalue weighted by Gasteiger charge is -2.34. The number of rotatable bonds is 6. The molecule has 22 heavy (non-hydrogen) atoms. The molecular formula is C18H29NO3. The molecule has 0 aliphatic carbocycles. The molecule has 2 rings (SSSR count). The van der Waals surface area contributed by atoms with Gasteiger partial charge in [0.25, 0.3) is 0 Å². The molecule has 4 heteroatoms. The number of aliphatic hydroxyl groups excluding tert-OH is 1. The van der Waals surface area contributed by atoms with Crippen LogP contribution in [0.1, 0.15) is 37.8 Å². The van der Waals surface area contributed by atoms with Crippen LogP contribution >= 0.6 is 0 Å². The SMILES string of the molecule is Cc1cc(C)cc(OCC(O)CN2CCCC2C(C)(C)O)c1. The summed E-state index contributed by atoms with van der Waals surface area (Å²) in [5.41, 5.74) is 1.59. The molecule has 1 aliphatic rings. The highest BCUT2D eigenvalue weighted by Gasteiger charge is 2.36. The van der Waals surface area contributed by atoms with Gasteiger partial charge in [-0.05, 0) is 70.3 Å². The number of benzene rings is 1. The van der Waals surface area contributed by atoms with E-state index in [-0.39, 0.29) is 12.6 Å². The van der Waals surface area contributed by atoms with Crippen LogP contribution in [0, 0.1) is 13.8 Å².